The molecule has 1 aromatic carbocycles. The zero-order valence-electron chi connectivity index (χ0n) is 15.9. The van der Waals surface area contributed by atoms with Crippen LogP contribution in [0.1, 0.15) is 29.9 Å². The summed E-state index contributed by atoms with van der Waals surface area (Å²) in [7, 11) is -2.54. The van der Waals surface area contributed by atoms with Crippen LogP contribution in [0.2, 0.25) is 0 Å². The SMILES string of the molecule is Cc1nc(N[C@H](C)c2cccc(C(F)(F)F)c2)c2cc(P(C)(C)=O)cnc2n1. The van der Waals surface area contributed by atoms with Crippen molar-refractivity contribution in [3.05, 3.63) is 53.5 Å². The minimum absolute atomic E-state index is 0.434. The number of fused-ring (bicyclic) bond motifs is 1. The molecule has 0 aliphatic heterocycles. The molecule has 3 rings (SSSR count). The van der Waals surface area contributed by atoms with Crippen molar-refractivity contribution in [2.75, 3.05) is 18.6 Å². The zero-order valence-corrected chi connectivity index (χ0v) is 16.8. The van der Waals surface area contributed by atoms with E-state index >= 15 is 0 Å². The number of aromatic nitrogens is 3. The Morgan fingerprint density at radius 1 is 1.14 bits per heavy atom. The van der Waals surface area contributed by atoms with Gasteiger partial charge in [-0.25, -0.2) is 15.0 Å². The molecule has 0 saturated carbocycles. The first-order valence-electron chi connectivity index (χ1n) is 8.59. The van der Waals surface area contributed by atoms with Gasteiger partial charge in [0.25, 0.3) is 0 Å². The highest BCUT2D eigenvalue weighted by Crippen LogP contribution is 2.36. The fourth-order valence-corrected chi connectivity index (χ4v) is 3.56. The third kappa shape index (κ3) is 4.33. The molecular formula is C19H20F3N4OP. The maximum atomic E-state index is 13.0. The van der Waals surface area contributed by atoms with Crippen LogP contribution in [0.4, 0.5) is 19.0 Å². The first-order valence-corrected chi connectivity index (χ1v) is 11.2. The Morgan fingerprint density at radius 3 is 2.50 bits per heavy atom. The third-order valence-corrected chi connectivity index (χ3v) is 5.83. The minimum Gasteiger partial charge on any atom is -0.363 e. The Kier molecular flexibility index (Phi) is 5.19. The van der Waals surface area contributed by atoms with E-state index < -0.39 is 24.9 Å². The maximum absolute atomic E-state index is 13.0. The van der Waals surface area contributed by atoms with Gasteiger partial charge in [0, 0.05) is 17.5 Å². The van der Waals surface area contributed by atoms with Gasteiger partial charge in [0.2, 0.25) is 0 Å². The molecule has 0 unspecified atom stereocenters. The number of alkyl halides is 3. The van der Waals surface area contributed by atoms with Crippen LogP contribution in [0.3, 0.4) is 0 Å². The molecule has 0 spiro atoms. The molecule has 2 heterocycles. The lowest BCUT2D eigenvalue weighted by molar-refractivity contribution is -0.137. The average Bonchev–Trinajstić information content (AvgIpc) is 2.59. The van der Waals surface area contributed by atoms with Crippen molar-refractivity contribution < 1.29 is 17.7 Å². The standard InChI is InChI=1S/C19H20F3N4OP/c1-11(13-6-5-7-14(8-13)19(20,21)22)24-18-16-9-15(28(3,4)27)10-23-17(16)25-12(2)26-18/h5-11H,1-4H3,(H,23,24,25,26)/t11-/m1/s1. The van der Waals surface area contributed by atoms with E-state index in [2.05, 4.69) is 20.3 Å². The monoisotopic (exact) mass is 408 g/mol. The summed E-state index contributed by atoms with van der Waals surface area (Å²) < 4.78 is 51.4. The molecule has 0 radical (unpaired) electrons. The molecule has 148 valence electrons. The second-order valence-electron chi connectivity index (χ2n) is 7.02. The van der Waals surface area contributed by atoms with Crippen molar-refractivity contribution in [2.24, 2.45) is 0 Å². The summed E-state index contributed by atoms with van der Waals surface area (Å²) in [5.41, 5.74) is 0.202. The van der Waals surface area contributed by atoms with E-state index in [1.807, 2.05) is 0 Å². The van der Waals surface area contributed by atoms with E-state index in [0.717, 1.165) is 12.1 Å². The summed E-state index contributed by atoms with van der Waals surface area (Å²) in [5, 5.41) is 4.31. The van der Waals surface area contributed by atoms with Gasteiger partial charge in [0.15, 0.2) is 5.65 Å². The highest BCUT2D eigenvalue weighted by atomic mass is 31.2. The van der Waals surface area contributed by atoms with Gasteiger partial charge in [-0.3, -0.25) is 0 Å². The predicted molar refractivity (Wildman–Crippen MR) is 105 cm³/mol. The highest BCUT2D eigenvalue weighted by molar-refractivity contribution is 7.70. The Labute approximate surface area is 160 Å². The second-order valence-corrected chi connectivity index (χ2v) is 10.2. The number of benzene rings is 1. The van der Waals surface area contributed by atoms with E-state index in [4.69, 9.17) is 0 Å². The molecule has 9 heteroatoms. The second kappa shape index (κ2) is 7.17. The van der Waals surface area contributed by atoms with Crippen molar-refractivity contribution in [1.82, 2.24) is 15.0 Å². The number of anilines is 1. The number of pyridine rings is 1. The fourth-order valence-electron chi connectivity index (χ4n) is 2.79. The average molecular weight is 408 g/mol. The van der Waals surface area contributed by atoms with Crippen LogP contribution >= 0.6 is 7.14 Å². The van der Waals surface area contributed by atoms with Crippen LogP contribution in [0.5, 0.6) is 0 Å². The highest BCUT2D eigenvalue weighted by Gasteiger charge is 2.30. The van der Waals surface area contributed by atoms with Crippen LogP contribution < -0.4 is 10.6 Å². The first kappa shape index (κ1) is 20.3. The number of hydrogen-bond donors (Lipinski definition) is 1. The maximum Gasteiger partial charge on any atom is 0.416 e. The summed E-state index contributed by atoms with van der Waals surface area (Å²) >= 11 is 0. The quantitative estimate of drug-likeness (QED) is 0.630. The molecule has 0 amide bonds. The molecule has 0 aliphatic carbocycles. The third-order valence-electron chi connectivity index (χ3n) is 4.34. The molecule has 28 heavy (non-hydrogen) atoms. The summed E-state index contributed by atoms with van der Waals surface area (Å²) in [5.74, 6) is 0.915. The number of nitrogens with one attached hydrogen (secondary N) is 1. The number of nitrogens with zero attached hydrogens (tertiary/aromatic N) is 3. The molecule has 0 saturated heterocycles. The van der Waals surface area contributed by atoms with Gasteiger partial charge in [-0.1, -0.05) is 12.1 Å². The Morgan fingerprint density at radius 2 is 1.86 bits per heavy atom. The van der Waals surface area contributed by atoms with Crippen molar-refractivity contribution in [1.29, 1.82) is 0 Å². The molecule has 0 aliphatic rings. The summed E-state index contributed by atoms with van der Waals surface area (Å²) in [6, 6.07) is 6.44. The molecule has 0 fully saturated rings. The van der Waals surface area contributed by atoms with Crippen LogP contribution in [-0.4, -0.2) is 28.3 Å². The van der Waals surface area contributed by atoms with E-state index in [-0.39, 0.29) is 0 Å². The van der Waals surface area contributed by atoms with Gasteiger partial charge in [-0.15, -0.1) is 0 Å². The lowest BCUT2D eigenvalue weighted by Gasteiger charge is -2.18. The number of aryl methyl sites for hydroxylation is 1. The molecule has 5 nitrogen and oxygen atoms in total. The lowest BCUT2D eigenvalue weighted by atomic mass is 10.0. The van der Waals surface area contributed by atoms with Crippen LogP contribution in [0.25, 0.3) is 11.0 Å². The number of rotatable bonds is 4. The first-order chi connectivity index (χ1) is 12.9. The fraction of sp³-hybridized carbons (Fsp3) is 0.316. The summed E-state index contributed by atoms with van der Waals surface area (Å²) in [6.07, 6.45) is -2.87. The Balaban J connectivity index is 2.03. The van der Waals surface area contributed by atoms with Gasteiger partial charge in [-0.2, -0.15) is 13.2 Å². The predicted octanol–water partition coefficient (Wildman–Crippen LogP) is 4.77. The number of halogens is 3. The molecule has 2 aromatic heterocycles. The van der Waals surface area contributed by atoms with Gasteiger partial charge in [0.05, 0.1) is 10.9 Å². The van der Waals surface area contributed by atoms with E-state index in [0.29, 0.717) is 33.5 Å². The molecule has 0 bridgehead atoms. The van der Waals surface area contributed by atoms with E-state index in [1.54, 1.807) is 39.3 Å². The van der Waals surface area contributed by atoms with E-state index in [9.17, 15) is 17.7 Å². The minimum atomic E-state index is -4.41. The Bertz CT molecular complexity index is 1080. The van der Waals surface area contributed by atoms with Gasteiger partial charge >= 0.3 is 6.18 Å². The Hall–Kier alpha value is -2.47. The largest absolute Gasteiger partial charge is 0.416 e. The molecule has 1 atom stereocenters. The summed E-state index contributed by atoms with van der Waals surface area (Å²) in [4.78, 5) is 13.0. The van der Waals surface area contributed by atoms with Crippen LogP contribution in [0.15, 0.2) is 36.5 Å². The molecule has 1 N–H and O–H groups in total. The summed E-state index contributed by atoms with van der Waals surface area (Å²) in [6.45, 7) is 6.74. The lowest BCUT2D eigenvalue weighted by Crippen LogP contribution is -2.13. The topological polar surface area (TPSA) is 67.8 Å². The van der Waals surface area contributed by atoms with Crippen molar-refractivity contribution in [2.45, 2.75) is 26.1 Å². The van der Waals surface area contributed by atoms with E-state index in [1.165, 1.54) is 12.3 Å². The number of hydrogen-bond acceptors (Lipinski definition) is 5. The van der Waals surface area contributed by atoms with Gasteiger partial charge in [-0.05, 0) is 50.9 Å². The van der Waals surface area contributed by atoms with Crippen molar-refractivity contribution in [3.63, 3.8) is 0 Å². The van der Waals surface area contributed by atoms with Gasteiger partial charge < -0.3 is 9.88 Å². The van der Waals surface area contributed by atoms with Crippen LogP contribution in [-0.2, 0) is 10.7 Å². The smallest absolute Gasteiger partial charge is 0.363 e. The zero-order chi connectivity index (χ0) is 20.7. The van der Waals surface area contributed by atoms with Crippen molar-refractivity contribution >= 4 is 29.3 Å². The molecule has 3 aromatic rings. The van der Waals surface area contributed by atoms with Crippen LogP contribution in [0, 0.1) is 6.92 Å². The molecular weight excluding hydrogens is 388 g/mol. The van der Waals surface area contributed by atoms with Gasteiger partial charge in [0.1, 0.15) is 18.8 Å². The van der Waals surface area contributed by atoms with Crippen molar-refractivity contribution in [3.8, 4) is 0 Å². The normalized spacial score (nSPS) is 13.5.